The molecule has 3 atom stereocenters. The van der Waals surface area contributed by atoms with Crippen LogP contribution in [0.2, 0.25) is 0 Å². The number of likely N-dealkylation sites (tertiary alicyclic amines) is 1. The summed E-state index contributed by atoms with van der Waals surface area (Å²) in [6, 6.07) is 6.20. The largest absolute Gasteiger partial charge is 0.490 e. The van der Waals surface area contributed by atoms with Crippen molar-refractivity contribution in [2.45, 2.75) is 31.4 Å². The first kappa shape index (κ1) is 30.2. The van der Waals surface area contributed by atoms with Gasteiger partial charge < -0.3 is 20.3 Å². The lowest BCUT2D eigenvalue weighted by atomic mass is 9.84. The van der Waals surface area contributed by atoms with Crippen LogP contribution in [-0.2, 0) is 20.9 Å². The van der Waals surface area contributed by atoms with Crippen molar-refractivity contribution in [2.75, 3.05) is 31.6 Å². The van der Waals surface area contributed by atoms with E-state index in [1.807, 2.05) is 17.4 Å². The highest BCUT2D eigenvalue weighted by Crippen LogP contribution is 2.35. The SMILES string of the molecule is O=C(O)C(F)(F)F.O=C(O)C(F)(F)F.c1cnc(NC[C@H]2OC[C@H]3CN(Cc4cccs4)CC[C@H]32)nc1. The minimum atomic E-state index is -5.08. The normalized spacial score (nSPS) is 21.5. The second-order valence-electron chi connectivity index (χ2n) is 7.96. The number of carboxylic acids is 2. The molecular weight excluding hydrogens is 534 g/mol. The number of anilines is 1. The van der Waals surface area contributed by atoms with Crippen LogP contribution >= 0.6 is 11.3 Å². The molecule has 37 heavy (non-hydrogen) atoms. The number of rotatable bonds is 5. The van der Waals surface area contributed by atoms with Crippen LogP contribution in [-0.4, -0.2) is 81.7 Å². The van der Waals surface area contributed by atoms with Crippen molar-refractivity contribution in [2.24, 2.45) is 11.8 Å². The molecule has 206 valence electrons. The van der Waals surface area contributed by atoms with E-state index in [2.05, 4.69) is 37.7 Å². The van der Waals surface area contributed by atoms with E-state index in [1.165, 1.54) is 17.8 Å². The van der Waals surface area contributed by atoms with E-state index in [0.29, 0.717) is 17.8 Å². The monoisotopic (exact) mass is 558 g/mol. The van der Waals surface area contributed by atoms with Crippen molar-refractivity contribution >= 4 is 29.2 Å². The molecule has 2 aromatic heterocycles. The first-order chi connectivity index (χ1) is 17.3. The Morgan fingerprint density at radius 2 is 1.68 bits per heavy atom. The molecule has 4 rings (SSSR count). The molecule has 3 N–H and O–H groups in total. The van der Waals surface area contributed by atoms with Crippen LogP contribution in [0.25, 0.3) is 0 Å². The van der Waals surface area contributed by atoms with E-state index in [0.717, 1.165) is 26.2 Å². The third kappa shape index (κ3) is 10.5. The van der Waals surface area contributed by atoms with E-state index in [-0.39, 0.29) is 6.10 Å². The summed E-state index contributed by atoms with van der Waals surface area (Å²) in [6.45, 7) is 5.09. The number of nitrogens with zero attached hydrogens (tertiary/aromatic N) is 3. The maximum atomic E-state index is 10.6. The Labute approximate surface area is 211 Å². The molecule has 0 radical (unpaired) electrons. The van der Waals surface area contributed by atoms with Crippen LogP contribution in [0.15, 0.2) is 36.0 Å². The highest BCUT2D eigenvalue weighted by molar-refractivity contribution is 7.09. The molecule has 9 nitrogen and oxygen atoms in total. The summed E-state index contributed by atoms with van der Waals surface area (Å²) in [6.07, 6.45) is -5.14. The fourth-order valence-corrected chi connectivity index (χ4v) is 4.47. The number of halogens is 6. The van der Waals surface area contributed by atoms with Crippen molar-refractivity contribution in [3.63, 3.8) is 0 Å². The summed E-state index contributed by atoms with van der Waals surface area (Å²) in [5.74, 6) is -3.51. The van der Waals surface area contributed by atoms with Gasteiger partial charge in [0.05, 0.1) is 12.7 Å². The van der Waals surface area contributed by atoms with Crippen LogP contribution in [0.4, 0.5) is 32.3 Å². The number of thiophene rings is 1. The zero-order valence-electron chi connectivity index (χ0n) is 19.1. The van der Waals surface area contributed by atoms with Gasteiger partial charge in [0, 0.05) is 42.8 Å². The zero-order chi connectivity index (χ0) is 27.6. The van der Waals surface area contributed by atoms with Gasteiger partial charge in [-0.25, -0.2) is 19.6 Å². The van der Waals surface area contributed by atoms with Gasteiger partial charge in [-0.3, -0.25) is 4.90 Å². The number of alkyl halides is 6. The summed E-state index contributed by atoms with van der Waals surface area (Å²) in [4.78, 5) is 30.3. The molecule has 0 amide bonds. The summed E-state index contributed by atoms with van der Waals surface area (Å²) in [5.41, 5.74) is 0. The minimum absolute atomic E-state index is 0.285. The lowest BCUT2D eigenvalue weighted by Gasteiger charge is -2.35. The van der Waals surface area contributed by atoms with E-state index >= 15 is 0 Å². The lowest BCUT2D eigenvalue weighted by Crippen LogP contribution is -2.42. The standard InChI is InChI=1S/C17H22N4OS.2C2HF3O2/c1-3-14(23-8-1)11-21-7-4-15-13(10-21)12-22-16(15)9-20-17-18-5-2-6-19-17;2*3-2(4,5)1(6)7/h1-3,5-6,8,13,15-16H,4,7,9-12H2,(H,18,19,20);2*(H,6,7)/t13-,15-,16-;;/m1../s1. The number of aromatic nitrogens is 2. The second-order valence-corrected chi connectivity index (χ2v) is 8.99. The van der Waals surface area contributed by atoms with Gasteiger partial charge in [-0.15, -0.1) is 11.3 Å². The number of hydrogen-bond acceptors (Lipinski definition) is 8. The number of hydrogen-bond donors (Lipinski definition) is 3. The molecule has 2 fully saturated rings. The van der Waals surface area contributed by atoms with Gasteiger partial charge in [0.1, 0.15) is 0 Å². The molecule has 4 heterocycles. The van der Waals surface area contributed by atoms with Crippen molar-refractivity contribution in [3.05, 3.63) is 40.8 Å². The van der Waals surface area contributed by atoms with Gasteiger partial charge in [-0.2, -0.15) is 26.3 Å². The number of fused-ring (bicyclic) bond motifs is 1. The van der Waals surface area contributed by atoms with Crippen molar-refractivity contribution < 1.29 is 50.9 Å². The fraction of sp³-hybridized carbons (Fsp3) is 0.524. The Morgan fingerprint density at radius 1 is 1.08 bits per heavy atom. The molecule has 0 saturated carbocycles. The predicted molar refractivity (Wildman–Crippen MR) is 119 cm³/mol. The summed E-state index contributed by atoms with van der Waals surface area (Å²) in [7, 11) is 0. The third-order valence-corrected chi connectivity index (χ3v) is 6.21. The number of ether oxygens (including phenoxy) is 1. The van der Waals surface area contributed by atoms with Gasteiger partial charge in [0.15, 0.2) is 0 Å². The zero-order valence-corrected chi connectivity index (χ0v) is 19.9. The summed E-state index contributed by atoms with van der Waals surface area (Å²) < 4.78 is 69.5. The van der Waals surface area contributed by atoms with Gasteiger partial charge >= 0.3 is 24.3 Å². The summed E-state index contributed by atoms with van der Waals surface area (Å²) >= 11 is 1.85. The van der Waals surface area contributed by atoms with E-state index in [9.17, 15) is 26.3 Å². The van der Waals surface area contributed by atoms with Gasteiger partial charge in [0.2, 0.25) is 5.95 Å². The molecule has 2 saturated heterocycles. The summed E-state index contributed by atoms with van der Waals surface area (Å²) in [5, 5.41) is 19.7. The molecule has 0 aliphatic carbocycles. The molecule has 2 aromatic rings. The number of nitrogens with one attached hydrogen (secondary N) is 1. The number of piperidine rings is 1. The first-order valence-corrected chi connectivity index (χ1v) is 11.6. The first-order valence-electron chi connectivity index (χ1n) is 10.7. The molecule has 0 bridgehead atoms. The predicted octanol–water partition coefficient (Wildman–Crippen LogP) is 3.75. The molecule has 2 aliphatic rings. The van der Waals surface area contributed by atoms with Gasteiger partial charge in [-0.05, 0) is 36.4 Å². The topological polar surface area (TPSA) is 125 Å². The molecule has 16 heteroatoms. The number of aliphatic carboxylic acids is 2. The molecule has 2 aliphatic heterocycles. The lowest BCUT2D eigenvalue weighted by molar-refractivity contribution is -0.193. The average Bonchev–Trinajstić information content (AvgIpc) is 3.47. The number of carboxylic acid groups (broad SMARTS) is 2. The Kier molecular flexibility index (Phi) is 11.1. The Hall–Kier alpha value is -2.98. The van der Waals surface area contributed by atoms with E-state index in [1.54, 1.807) is 12.4 Å². The number of carbonyl (C=O) groups is 2. The highest BCUT2D eigenvalue weighted by atomic mass is 32.1. The van der Waals surface area contributed by atoms with E-state index in [4.69, 9.17) is 24.5 Å². The third-order valence-electron chi connectivity index (χ3n) is 5.35. The fourth-order valence-electron chi connectivity index (χ4n) is 3.72. The maximum Gasteiger partial charge on any atom is 0.490 e. The second kappa shape index (κ2) is 13.5. The van der Waals surface area contributed by atoms with Crippen LogP contribution in [0.3, 0.4) is 0 Å². The highest BCUT2D eigenvalue weighted by Gasteiger charge is 2.41. The van der Waals surface area contributed by atoms with Gasteiger partial charge in [-0.1, -0.05) is 6.07 Å². The molecular formula is C21H24F6N4O5S. The van der Waals surface area contributed by atoms with E-state index < -0.39 is 24.3 Å². The Balaban J connectivity index is 0.000000286. The van der Waals surface area contributed by atoms with Crippen molar-refractivity contribution in [1.29, 1.82) is 0 Å². The quantitative estimate of drug-likeness (QED) is 0.471. The molecule has 0 spiro atoms. The average molecular weight is 559 g/mol. The smallest absolute Gasteiger partial charge is 0.475 e. The van der Waals surface area contributed by atoms with Crippen LogP contribution < -0.4 is 5.32 Å². The maximum absolute atomic E-state index is 10.6. The van der Waals surface area contributed by atoms with Gasteiger partial charge in [0.25, 0.3) is 0 Å². The Bertz CT molecular complexity index is 954. The van der Waals surface area contributed by atoms with Crippen LogP contribution in [0.1, 0.15) is 11.3 Å². The van der Waals surface area contributed by atoms with Crippen molar-refractivity contribution in [3.8, 4) is 0 Å². The van der Waals surface area contributed by atoms with Crippen molar-refractivity contribution in [1.82, 2.24) is 14.9 Å². The van der Waals surface area contributed by atoms with Crippen LogP contribution in [0.5, 0.6) is 0 Å². The molecule has 0 unspecified atom stereocenters. The minimum Gasteiger partial charge on any atom is -0.475 e. The Morgan fingerprint density at radius 3 is 2.19 bits per heavy atom. The molecule has 0 aromatic carbocycles. The van der Waals surface area contributed by atoms with Crippen LogP contribution in [0, 0.1) is 11.8 Å².